The van der Waals surface area contributed by atoms with Gasteiger partial charge >= 0.3 is 111 Å². The van der Waals surface area contributed by atoms with Crippen molar-refractivity contribution in [1.82, 2.24) is 0 Å². The minimum absolute atomic E-state index is 0. The van der Waals surface area contributed by atoms with E-state index in [9.17, 15) is 43.4 Å². The smallest absolute Gasteiger partial charge is 0.550 e. The molecular formula is C12H24Na3O18P3. The second-order valence-electron chi connectivity index (χ2n) is 6.93. The molecule has 0 spiro atoms. The van der Waals surface area contributed by atoms with Gasteiger partial charge in [-0.25, -0.2) is 0 Å². The van der Waals surface area contributed by atoms with Crippen LogP contribution in [0.3, 0.4) is 0 Å². The van der Waals surface area contributed by atoms with E-state index in [2.05, 4.69) is 0 Å². The van der Waals surface area contributed by atoms with Gasteiger partial charge in [-0.15, -0.1) is 0 Å². The Labute approximate surface area is 270 Å². The van der Waals surface area contributed by atoms with Crippen LogP contribution in [-0.4, -0.2) is 78.6 Å². The van der Waals surface area contributed by atoms with Gasteiger partial charge in [0, 0.05) is 37.2 Å². The van der Waals surface area contributed by atoms with Crippen molar-refractivity contribution in [1.29, 1.82) is 0 Å². The van der Waals surface area contributed by atoms with Gasteiger partial charge in [-0.2, -0.15) is 0 Å². The third-order valence-electron chi connectivity index (χ3n) is 3.32. The molecule has 0 aromatic heterocycles. The van der Waals surface area contributed by atoms with E-state index in [4.69, 9.17) is 44.7 Å². The molecule has 18 nitrogen and oxygen atoms in total. The third-order valence-corrected chi connectivity index (χ3v) is 7.56. The van der Waals surface area contributed by atoms with Crippen molar-refractivity contribution < 1.29 is 177 Å². The Hall–Kier alpha value is 1.74. The first kappa shape index (κ1) is 50.6. The summed E-state index contributed by atoms with van der Waals surface area (Å²) in [7, 11) is -14.4. The molecule has 0 amide bonds. The Kier molecular flexibility index (Phi) is 26.6. The van der Waals surface area contributed by atoms with Crippen LogP contribution in [0.2, 0.25) is 0 Å². The van der Waals surface area contributed by atoms with E-state index in [0.717, 1.165) is 20.8 Å². The van der Waals surface area contributed by atoms with Crippen molar-refractivity contribution in [3.05, 3.63) is 0 Å². The molecule has 0 aliphatic carbocycles. The van der Waals surface area contributed by atoms with Gasteiger partial charge in [0.2, 0.25) is 0 Å². The first-order valence-electron chi connectivity index (χ1n) is 7.94. The number of carboxylic acid groups (broad SMARTS) is 3. The van der Waals surface area contributed by atoms with Crippen LogP contribution in [0.15, 0.2) is 0 Å². The van der Waals surface area contributed by atoms with E-state index in [1.54, 1.807) is 0 Å². The maximum absolute atomic E-state index is 10.3. The zero-order valence-corrected chi connectivity index (χ0v) is 28.8. The van der Waals surface area contributed by atoms with Gasteiger partial charge in [-0.3, -0.25) is 13.7 Å². The van der Waals surface area contributed by atoms with Gasteiger partial charge in [-0.05, 0) is 20.8 Å². The molecule has 0 aromatic rings. The maximum Gasteiger partial charge on any atom is 1.00 e. The molecule has 0 saturated carbocycles. The number of rotatable bonds is 9. The number of carbonyl (C=O) groups excluding carboxylic acids is 3. The molecule has 3 atom stereocenters. The Morgan fingerprint density at radius 1 is 0.528 bits per heavy atom. The fourth-order valence-corrected chi connectivity index (χ4v) is 2.13. The van der Waals surface area contributed by atoms with E-state index in [1.807, 2.05) is 0 Å². The molecule has 0 heterocycles. The first-order chi connectivity index (χ1) is 14.0. The van der Waals surface area contributed by atoms with Crippen LogP contribution in [0.25, 0.3) is 0 Å². The molecular weight excluding hydrogens is 594 g/mol. The number of aliphatic hydroxyl groups is 3. The Morgan fingerprint density at radius 3 is 0.667 bits per heavy atom. The molecule has 9 N–H and O–H groups in total. The zero-order chi connectivity index (χ0) is 27.9. The van der Waals surface area contributed by atoms with Crippen LogP contribution in [0.5, 0.6) is 0 Å². The van der Waals surface area contributed by atoms with Crippen molar-refractivity contribution in [3.8, 4) is 0 Å². The molecule has 0 bridgehead atoms. The van der Waals surface area contributed by atoms with Gasteiger partial charge in [0.15, 0.2) is 16.0 Å². The maximum atomic E-state index is 10.3. The standard InChI is InChI=1S/3C4H9O6P.3Na/c3*1-4(7,2-3(5)6)11(8,9)10;;;/h3*7H,2H2,1H3,(H,5,6)(H2,8,9,10);;;/q;;;3*+1/p-3. The summed E-state index contributed by atoms with van der Waals surface area (Å²) in [5.74, 6) is -5.13. The summed E-state index contributed by atoms with van der Waals surface area (Å²) in [6.07, 6.45) is -3.26. The third kappa shape index (κ3) is 22.5. The van der Waals surface area contributed by atoms with Crippen LogP contribution in [0.4, 0.5) is 0 Å². The van der Waals surface area contributed by atoms with Crippen LogP contribution >= 0.6 is 22.8 Å². The molecule has 0 rings (SSSR count). The fourth-order valence-electron chi connectivity index (χ4n) is 1.13. The summed E-state index contributed by atoms with van der Waals surface area (Å²) in [6, 6.07) is 0. The molecule has 0 aromatic carbocycles. The average molecular weight is 618 g/mol. The van der Waals surface area contributed by atoms with E-state index >= 15 is 0 Å². The quantitative estimate of drug-likeness (QED) is 0.0855. The predicted octanol–water partition coefficient (Wildman–Crippen LogP) is -15.0. The van der Waals surface area contributed by atoms with E-state index in [-0.39, 0.29) is 88.7 Å². The minimum atomic E-state index is -4.79. The van der Waals surface area contributed by atoms with Crippen LogP contribution in [0, 0.1) is 0 Å². The minimum Gasteiger partial charge on any atom is -0.550 e. The number of hydrogen-bond donors (Lipinski definition) is 9. The number of carbonyl (C=O) groups is 3. The van der Waals surface area contributed by atoms with Crippen molar-refractivity contribution in [2.75, 3.05) is 0 Å². The average Bonchev–Trinajstić information content (AvgIpc) is 2.40. The number of aliphatic carboxylic acids is 3. The molecule has 0 saturated heterocycles. The topological polar surface area (TPSA) is 354 Å². The van der Waals surface area contributed by atoms with Crippen LogP contribution in [-0.2, 0) is 28.1 Å². The summed E-state index contributed by atoms with van der Waals surface area (Å²) >= 11 is 0. The molecule has 24 heteroatoms. The normalized spacial score (nSPS) is 16.0. The van der Waals surface area contributed by atoms with Gasteiger partial charge in [0.1, 0.15) is 0 Å². The summed E-state index contributed by atoms with van der Waals surface area (Å²) in [5.41, 5.74) is 0. The van der Waals surface area contributed by atoms with Gasteiger partial charge in [0.05, 0.1) is 0 Å². The molecule has 0 aliphatic heterocycles. The van der Waals surface area contributed by atoms with Crippen molar-refractivity contribution in [2.24, 2.45) is 0 Å². The molecule has 198 valence electrons. The van der Waals surface area contributed by atoms with Crippen molar-refractivity contribution in [2.45, 2.75) is 56.1 Å². The largest absolute Gasteiger partial charge is 1.00 e. The number of carboxylic acids is 3. The Bertz CT molecular complexity index is 732. The van der Waals surface area contributed by atoms with Crippen molar-refractivity contribution in [3.63, 3.8) is 0 Å². The summed E-state index contributed by atoms with van der Waals surface area (Å²) < 4.78 is 31.0. The van der Waals surface area contributed by atoms with Crippen LogP contribution in [0.1, 0.15) is 40.0 Å². The zero-order valence-electron chi connectivity index (χ0n) is 20.2. The van der Waals surface area contributed by atoms with Gasteiger partial charge < -0.3 is 74.4 Å². The second-order valence-corrected chi connectivity index (χ2v) is 13.1. The van der Waals surface area contributed by atoms with E-state index in [1.165, 1.54) is 0 Å². The monoisotopic (exact) mass is 618 g/mol. The SMILES string of the molecule is CC(O)(CC(=O)[O-])P(=O)(O)O.CC(O)(CC(=O)[O-])P(=O)(O)O.CC(O)(CC(=O)[O-])P(=O)(O)O.[Na+].[Na+].[Na+]. The first-order valence-corrected chi connectivity index (χ1v) is 12.8. The molecule has 0 fully saturated rings. The van der Waals surface area contributed by atoms with Gasteiger partial charge in [0.25, 0.3) is 0 Å². The Morgan fingerprint density at radius 2 is 0.639 bits per heavy atom. The second kappa shape index (κ2) is 19.0. The summed E-state index contributed by atoms with van der Waals surface area (Å²) in [5, 5.41) is 48.4. The fraction of sp³-hybridized carbons (Fsp3) is 0.750. The van der Waals surface area contributed by atoms with E-state index in [0.29, 0.717) is 0 Å². The summed E-state index contributed by atoms with van der Waals surface area (Å²) in [6.45, 7) is 2.22. The molecule has 3 unspecified atom stereocenters. The van der Waals surface area contributed by atoms with E-state index < -0.39 is 76.0 Å². The van der Waals surface area contributed by atoms with Gasteiger partial charge in [-0.1, -0.05) is 0 Å². The molecule has 36 heavy (non-hydrogen) atoms. The number of hydrogen-bond acceptors (Lipinski definition) is 12. The van der Waals surface area contributed by atoms with Crippen molar-refractivity contribution >= 4 is 40.7 Å². The molecule has 0 aliphatic rings. The molecule has 0 radical (unpaired) electrons. The predicted molar refractivity (Wildman–Crippen MR) is 96.9 cm³/mol. The Balaban J connectivity index is -0.0000000900. The van der Waals surface area contributed by atoms with Crippen LogP contribution < -0.4 is 104 Å². The summed E-state index contributed by atoms with van der Waals surface area (Å²) in [4.78, 5) is 79.7.